The lowest BCUT2D eigenvalue weighted by Crippen LogP contribution is -2.65. The molecule has 1 heterocycles. The number of halogens is 5. The van der Waals surface area contributed by atoms with Crippen LogP contribution in [0.4, 0.5) is 22.0 Å². The summed E-state index contributed by atoms with van der Waals surface area (Å²) in [5.74, 6) is -6.79. The van der Waals surface area contributed by atoms with Crippen LogP contribution in [0.2, 0.25) is 0 Å². The largest absolute Gasteiger partial charge is 0.460 e. The number of hydrogen-bond acceptors (Lipinski definition) is 8. The van der Waals surface area contributed by atoms with Gasteiger partial charge in [0, 0.05) is 34.7 Å². The van der Waals surface area contributed by atoms with E-state index in [1.165, 1.54) is 40.7 Å². The number of carbonyl (C=O) groups excluding carboxylic acids is 6. The van der Waals surface area contributed by atoms with E-state index in [1.54, 1.807) is 27.8 Å². The van der Waals surface area contributed by atoms with E-state index >= 15 is 0 Å². The van der Waals surface area contributed by atoms with Gasteiger partial charge in [-0.25, -0.2) is 8.78 Å². The lowest BCUT2D eigenvalue weighted by molar-refractivity contribution is -0.161. The van der Waals surface area contributed by atoms with Gasteiger partial charge in [0.25, 0.3) is 0 Å². The Hall–Kier alpha value is -4.35. The lowest BCUT2D eigenvalue weighted by Gasteiger charge is -2.42. The van der Waals surface area contributed by atoms with E-state index in [4.69, 9.17) is 4.74 Å². The molecule has 1 N–H and O–H groups in total. The van der Waals surface area contributed by atoms with Gasteiger partial charge in [-0.1, -0.05) is 39.5 Å². The van der Waals surface area contributed by atoms with Crippen LogP contribution in [0.3, 0.4) is 0 Å². The number of rotatable bonds is 19. The van der Waals surface area contributed by atoms with Gasteiger partial charge in [-0.05, 0) is 122 Å². The Morgan fingerprint density at radius 3 is 1.89 bits per heavy atom. The molecule has 1 aromatic rings. The van der Waals surface area contributed by atoms with Gasteiger partial charge in [0.1, 0.15) is 46.5 Å². The maximum absolute atomic E-state index is 15.0. The predicted octanol–water partition coefficient (Wildman–Crippen LogP) is 6.49. The number of likely N-dealkylation sites (N-methyl/N-ethyl adjacent to an activating group) is 3. The third-order valence-corrected chi connectivity index (χ3v) is 13.1. The Kier molecular flexibility index (Phi) is 18.4. The Bertz CT molecular complexity index is 1830. The van der Waals surface area contributed by atoms with Crippen LogP contribution in [0, 0.1) is 17.6 Å². The number of hydrogen-bond donors (Lipinski definition) is 1. The van der Waals surface area contributed by atoms with E-state index in [1.807, 2.05) is 18.7 Å². The molecule has 366 valence electrons. The number of amides is 5. The molecule has 4 rings (SSSR count). The second kappa shape index (κ2) is 22.4. The molecule has 2 aliphatic carbocycles. The zero-order valence-corrected chi connectivity index (χ0v) is 39.8. The Labute approximate surface area is 381 Å². The molecule has 1 aliphatic heterocycles. The first-order chi connectivity index (χ1) is 30.4. The molecule has 65 heavy (non-hydrogen) atoms. The molecule has 2 saturated carbocycles. The Balaban J connectivity index is 1.61. The number of ether oxygens (including phenoxy) is 1. The third kappa shape index (κ3) is 13.2. The van der Waals surface area contributed by atoms with Gasteiger partial charge in [-0.15, -0.1) is 0 Å². The fourth-order valence-electron chi connectivity index (χ4n) is 10.0. The number of benzene rings is 1. The minimum absolute atomic E-state index is 0.0188. The molecule has 3 fully saturated rings. The van der Waals surface area contributed by atoms with Crippen LogP contribution in [0.25, 0.3) is 0 Å². The monoisotopic (exact) mass is 927 g/mol. The van der Waals surface area contributed by atoms with Crippen LogP contribution in [0.15, 0.2) is 12.1 Å². The van der Waals surface area contributed by atoms with Crippen LogP contribution in [0.1, 0.15) is 136 Å². The van der Waals surface area contributed by atoms with Crippen molar-refractivity contribution in [3.63, 3.8) is 0 Å². The summed E-state index contributed by atoms with van der Waals surface area (Å²) >= 11 is 0. The van der Waals surface area contributed by atoms with Crippen molar-refractivity contribution < 1.29 is 55.5 Å². The first-order valence-corrected chi connectivity index (χ1v) is 23.3. The molecular formula is C47H71F5N6O7. The Morgan fingerprint density at radius 1 is 0.815 bits per heavy atom. The molecule has 0 radical (unpaired) electrons. The molecule has 0 unspecified atom stereocenters. The molecule has 0 aromatic heterocycles. The van der Waals surface area contributed by atoms with E-state index in [0.29, 0.717) is 76.6 Å². The number of aryl methyl sites for hydroxylation is 1. The number of nitrogens with one attached hydrogen (secondary N) is 1. The van der Waals surface area contributed by atoms with E-state index in [-0.39, 0.29) is 43.7 Å². The molecule has 1 saturated heterocycles. The molecule has 13 nitrogen and oxygen atoms in total. The number of esters is 1. The van der Waals surface area contributed by atoms with E-state index in [9.17, 15) is 50.7 Å². The van der Waals surface area contributed by atoms with Crippen molar-refractivity contribution in [1.82, 2.24) is 29.8 Å². The van der Waals surface area contributed by atoms with Crippen LogP contribution in [-0.4, -0.2) is 143 Å². The summed E-state index contributed by atoms with van der Waals surface area (Å²) in [4.78, 5) is 92.8. The molecule has 5 amide bonds. The zero-order valence-electron chi connectivity index (χ0n) is 39.8. The van der Waals surface area contributed by atoms with Crippen LogP contribution in [0.5, 0.6) is 0 Å². The highest BCUT2D eigenvalue weighted by molar-refractivity contribution is 5.98. The van der Waals surface area contributed by atoms with Gasteiger partial charge < -0.3 is 29.7 Å². The van der Waals surface area contributed by atoms with Crippen molar-refractivity contribution in [2.24, 2.45) is 5.92 Å². The van der Waals surface area contributed by atoms with Gasteiger partial charge in [-0.3, -0.25) is 33.7 Å². The lowest BCUT2D eigenvalue weighted by atomic mass is 9.90. The fourth-order valence-corrected chi connectivity index (χ4v) is 10.0. The summed E-state index contributed by atoms with van der Waals surface area (Å²) in [6.07, 6.45) is 1.14. The van der Waals surface area contributed by atoms with Gasteiger partial charge in [0.2, 0.25) is 29.5 Å². The van der Waals surface area contributed by atoms with E-state index < -0.39 is 101 Å². The first-order valence-electron chi connectivity index (χ1n) is 23.3. The summed E-state index contributed by atoms with van der Waals surface area (Å²) in [6, 6.07) is -2.76. The SMILES string of the molecule is CCCN(CCC)[C@@H](CCc1cc(F)c(C(F)(F)F)c(F)c1)C(=O)N1CCC[C@H]1C(=O)NC1(C(=O)N(C)[C@H](C(=O)N(C)[C@@H](CC(=O)OC(C)(C)C)C(=O)N(C)C)C2CCCC2)CCCC1. The summed E-state index contributed by atoms with van der Waals surface area (Å²) in [6.45, 7) is 10.2. The van der Waals surface area contributed by atoms with Crippen molar-refractivity contribution >= 4 is 35.5 Å². The quantitative estimate of drug-likeness (QED) is 0.123. The van der Waals surface area contributed by atoms with Crippen molar-refractivity contribution in [3.05, 3.63) is 34.9 Å². The van der Waals surface area contributed by atoms with Crippen molar-refractivity contribution in [3.8, 4) is 0 Å². The molecule has 4 atom stereocenters. The number of nitrogens with zero attached hydrogens (tertiary/aromatic N) is 5. The Morgan fingerprint density at radius 2 is 1.38 bits per heavy atom. The van der Waals surface area contributed by atoms with Gasteiger partial charge in [-0.2, -0.15) is 13.2 Å². The molecule has 0 bridgehead atoms. The number of alkyl halides is 3. The summed E-state index contributed by atoms with van der Waals surface area (Å²) in [7, 11) is 6.05. The van der Waals surface area contributed by atoms with Crippen LogP contribution < -0.4 is 5.32 Å². The van der Waals surface area contributed by atoms with Crippen molar-refractivity contribution in [1.29, 1.82) is 0 Å². The van der Waals surface area contributed by atoms with Crippen LogP contribution in [-0.2, 0) is 46.1 Å². The molecule has 1 aromatic carbocycles. The topological polar surface area (TPSA) is 140 Å². The predicted molar refractivity (Wildman–Crippen MR) is 234 cm³/mol. The highest BCUT2D eigenvalue weighted by Crippen LogP contribution is 2.38. The molecule has 3 aliphatic rings. The summed E-state index contributed by atoms with van der Waals surface area (Å²) < 4.78 is 74.7. The average Bonchev–Trinajstić information content (AvgIpc) is 4.02. The average molecular weight is 927 g/mol. The van der Waals surface area contributed by atoms with Crippen molar-refractivity contribution in [2.45, 2.75) is 172 Å². The zero-order chi connectivity index (χ0) is 48.6. The van der Waals surface area contributed by atoms with Crippen molar-refractivity contribution in [2.75, 3.05) is 47.8 Å². The normalized spacial score (nSPS) is 19.2. The maximum atomic E-state index is 15.0. The highest BCUT2D eigenvalue weighted by Gasteiger charge is 2.51. The highest BCUT2D eigenvalue weighted by atomic mass is 19.4. The maximum Gasteiger partial charge on any atom is 0.422 e. The van der Waals surface area contributed by atoms with Crippen LogP contribution >= 0.6 is 0 Å². The molecule has 18 heteroatoms. The van der Waals surface area contributed by atoms with Gasteiger partial charge >= 0.3 is 12.1 Å². The summed E-state index contributed by atoms with van der Waals surface area (Å²) in [5, 5.41) is 3.06. The smallest absolute Gasteiger partial charge is 0.422 e. The van der Waals surface area contributed by atoms with E-state index in [2.05, 4.69) is 5.32 Å². The standard InChI is InChI=1S/C47H71F5N6O7/c1-10-24-57(25-11-2)35(21-20-30-27-32(48)38(33(49)28-30)47(50,51)52)42(62)58-26-16-19-34(58)40(60)53-46(22-14-15-23-46)44(64)56(9)39(31-17-12-13-18-31)43(63)55(8)36(41(61)54(6)7)29-37(59)65-45(3,4)5/h27-28,31,34-36,39H,10-26,29H2,1-9H3,(H,53,60)/t34-,35-,36-,39-/m0/s1. The fraction of sp³-hybridized carbons (Fsp3) is 0.745. The first kappa shape index (κ1) is 53.3. The van der Waals surface area contributed by atoms with E-state index in [0.717, 1.165) is 12.8 Å². The summed E-state index contributed by atoms with van der Waals surface area (Å²) in [5.41, 5.74) is -4.25. The minimum atomic E-state index is -5.22. The molecular weight excluding hydrogens is 856 g/mol. The minimum Gasteiger partial charge on any atom is -0.460 e. The number of likely N-dealkylation sites (tertiary alicyclic amines) is 1. The van der Waals surface area contributed by atoms with Gasteiger partial charge in [0.05, 0.1) is 12.5 Å². The number of carbonyl (C=O) groups is 6. The second-order valence-electron chi connectivity index (χ2n) is 19.4. The second-order valence-corrected chi connectivity index (χ2v) is 19.4. The molecule has 0 spiro atoms. The third-order valence-electron chi connectivity index (χ3n) is 13.1. The van der Waals surface area contributed by atoms with Gasteiger partial charge in [0.15, 0.2) is 0 Å².